The Bertz CT molecular complexity index is 962. The molecule has 1 radical (unpaired) electrons. The summed E-state index contributed by atoms with van der Waals surface area (Å²) in [7, 11) is -0.638. The average Bonchev–Trinajstić information content (AvgIpc) is 3.07. The number of nitrogens with zero attached hydrogens (tertiary/aromatic N) is 2. The zero-order valence-electron chi connectivity index (χ0n) is 16.8. The fraction of sp³-hybridized carbons (Fsp3) is 0.391. The van der Waals surface area contributed by atoms with Gasteiger partial charge in [0.15, 0.2) is 0 Å². The number of rotatable bonds is 3. The SMILES string of the molecule is CCn1c2c(c3ccccc31)-c1ccccc1C2N([Si](C)C)C(C)(C)C. The van der Waals surface area contributed by atoms with Crippen LogP contribution in [0.1, 0.15) is 45.0 Å². The first-order valence-electron chi connectivity index (χ1n) is 9.66. The summed E-state index contributed by atoms with van der Waals surface area (Å²) in [5.41, 5.74) is 7.36. The van der Waals surface area contributed by atoms with Gasteiger partial charge in [0.25, 0.3) is 0 Å². The Morgan fingerprint density at radius 1 is 1.00 bits per heavy atom. The van der Waals surface area contributed by atoms with E-state index in [9.17, 15) is 0 Å². The summed E-state index contributed by atoms with van der Waals surface area (Å²) in [5.74, 6) is 0. The molecule has 26 heavy (non-hydrogen) atoms. The minimum atomic E-state index is -0.638. The van der Waals surface area contributed by atoms with Crippen LogP contribution >= 0.6 is 0 Å². The molecule has 0 aliphatic heterocycles. The molecule has 1 aromatic heterocycles. The molecule has 0 spiro atoms. The summed E-state index contributed by atoms with van der Waals surface area (Å²) in [6, 6.07) is 18.3. The molecule has 0 bridgehead atoms. The van der Waals surface area contributed by atoms with Gasteiger partial charge in [-0.25, -0.2) is 0 Å². The highest BCUT2D eigenvalue weighted by atomic mass is 28.3. The fourth-order valence-corrected chi connectivity index (χ4v) is 7.04. The third kappa shape index (κ3) is 2.41. The minimum Gasteiger partial charge on any atom is -0.343 e. The zero-order valence-corrected chi connectivity index (χ0v) is 17.8. The fourth-order valence-electron chi connectivity index (χ4n) is 4.92. The Morgan fingerprint density at radius 2 is 1.65 bits per heavy atom. The van der Waals surface area contributed by atoms with Gasteiger partial charge in [0, 0.05) is 34.2 Å². The Balaban J connectivity index is 2.10. The molecule has 1 heterocycles. The van der Waals surface area contributed by atoms with Crippen molar-refractivity contribution in [1.82, 2.24) is 9.13 Å². The van der Waals surface area contributed by atoms with Crippen LogP contribution < -0.4 is 0 Å². The van der Waals surface area contributed by atoms with Crippen LogP contribution in [0.2, 0.25) is 13.1 Å². The van der Waals surface area contributed by atoms with Gasteiger partial charge in [-0.1, -0.05) is 55.6 Å². The predicted molar refractivity (Wildman–Crippen MR) is 114 cm³/mol. The van der Waals surface area contributed by atoms with E-state index >= 15 is 0 Å². The third-order valence-corrected chi connectivity index (χ3v) is 7.47. The molecule has 4 rings (SSSR count). The minimum absolute atomic E-state index is 0.131. The predicted octanol–water partition coefficient (Wildman–Crippen LogP) is 6.08. The second kappa shape index (κ2) is 6.10. The van der Waals surface area contributed by atoms with Gasteiger partial charge in [0.1, 0.15) is 8.96 Å². The first-order valence-corrected chi connectivity index (χ1v) is 12.1. The molecule has 3 heteroatoms. The molecule has 0 amide bonds. The topological polar surface area (TPSA) is 8.17 Å². The molecular weight excluding hydrogens is 332 g/mol. The molecule has 0 saturated carbocycles. The summed E-state index contributed by atoms with van der Waals surface area (Å²) in [5, 5.41) is 1.40. The van der Waals surface area contributed by atoms with Crippen molar-refractivity contribution in [3.63, 3.8) is 0 Å². The van der Waals surface area contributed by atoms with Gasteiger partial charge in [0.2, 0.25) is 0 Å². The highest BCUT2D eigenvalue weighted by molar-refractivity contribution is 6.53. The number of hydrogen-bond acceptors (Lipinski definition) is 1. The Kier molecular flexibility index (Phi) is 4.12. The number of para-hydroxylation sites is 1. The van der Waals surface area contributed by atoms with Crippen molar-refractivity contribution in [2.75, 3.05) is 0 Å². The lowest BCUT2D eigenvalue weighted by Crippen LogP contribution is -2.50. The Hall–Kier alpha value is -1.84. The first kappa shape index (κ1) is 17.6. The van der Waals surface area contributed by atoms with Crippen molar-refractivity contribution in [3.05, 3.63) is 59.8 Å². The zero-order chi connectivity index (χ0) is 18.6. The van der Waals surface area contributed by atoms with Crippen LogP contribution in [-0.4, -0.2) is 23.6 Å². The van der Waals surface area contributed by atoms with Crippen LogP contribution in [0.3, 0.4) is 0 Å². The average molecular weight is 362 g/mol. The van der Waals surface area contributed by atoms with E-state index in [0.717, 1.165) is 6.54 Å². The molecular formula is C23H29N2Si. The lowest BCUT2D eigenvalue weighted by atomic mass is 10.0. The van der Waals surface area contributed by atoms with Crippen molar-refractivity contribution >= 4 is 19.9 Å². The molecule has 2 nitrogen and oxygen atoms in total. The summed E-state index contributed by atoms with van der Waals surface area (Å²) >= 11 is 0. The standard InChI is InChI=1S/C23H29N2Si/c1-7-24-19-15-11-10-14-18(19)20-16-12-8-9-13-17(16)21(22(20)24)25(26(5)6)23(2,3)4/h8-15,21H,7H2,1-6H3. The van der Waals surface area contributed by atoms with E-state index in [1.165, 1.54) is 33.3 Å². The van der Waals surface area contributed by atoms with E-state index in [0.29, 0.717) is 6.04 Å². The number of benzene rings is 2. The van der Waals surface area contributed by atoms with Crippen LogP contribution in [0.25, 0.3) is 22.0 Å². The van der Waals surface area contributed by atoms with Crippen molar-refractivity contribution in [2.45, 2.75) is 58.9 Å². The third-order valence-electron chi connectivity index (χ3n) is 5.57. The van der Waals surface area contributed by atoms with E-state index in [-0.39, 0.29) is 5.54 Å². The van der Waals surface area contributed by atoms with E-state index in [1.54, 1.807) is 0 Å². The summed E-state index contributed by atoms with van der Waals surface area (Å²) in [6.07, 6.45) is 0. The molecule has 1 unspecified atom stereocenters. The Morgan fingerprint density at radius 3 is 2.31 bits per heavy atom. The normalized spacial score (nSPS) is 16.5. The lowest BCUT2D eigenvalue weighted by Gasteiger charge is -2.44. The first-order chi connectivity index (χ1) is 12.4. The second-order valence-electron chi connectivity index (χ2n) is 8.50. The van der Waals surface area contributed by atoms with E-state index < -0.39 is 8.96 Å². The quantitative estimate of drug-likeness (QED) is 0.513. The molecule has 135 valence electrons. The number of aryl methyl sites for hydroxylation is 1. The molecule has 3 aromatic rings. The highest BCUT2D eigenvalue weighted by Crippen LogP contribution is 2.52. The lowest BCUT2D eigenvalue weighted by molar-refractivity contribution is 0.207. The van der Waals surface area contributed by atoms with Crippen LogP contribution in [0.15, 0.2) is 48.5 Å². The number of fused-ring (bicyclic) bond motifs is 5. The van der Waals surface area contributed by atoms with E-state index in [2.05, 4.69) is 98.5 Å². The maximum absolute atomic E-state index is 2.79. The van der Waals surface area contributed by atoms with Gasteiger partial charge in [-0.15, -0.1) is 0 Å². The van der Waals surface area contributed by atoms with Crippen molar-refractivity contribution < 1.29 is 0 Å². The van der Waals surface area contributed by atoms with Crippen LogP contribution in [0.5, 0.6) is 0 Å². The van der Waals surface area contributed by atoms with E-state index in [1.807, 2.05) is 0 Å². The molecule has 0 saturated heterocycles. The summed E-state index contributed by atoms with van der Waals surface area (Å²) < 4.78 is 5.34. The highest BCUT2D eigenvalue weighted by Gasteiger charge is 2.42. The molecule has 0 N–H and O–H groups in total. The smallest absolute Gasteiger partial charge is 0.131 e. The van der Waals surface area contributed by atoms with Gasteiger partial charge >= 0.3 is 0 Å². The monoisotopic (exact) mass is 361 g/mol. The van der Waals surface area contributed by atoms with Crippen LogP contribution in [0, 0.1) is 0 Å². The van der Waals surface area contributed by atoms with Gasteiger partial charge in [-0.2, -0.15) is 0 Å². The van der Waals surface area contributed by atoms with E-state index in [4.69, 9.17) is 0 Å². The molecule has 2 aromatic carbocycles. The molecule has 1 atom stereocenters. The van der Waals surface area contributed by atoms with Gasteiger partial charge < -0.3 is 9.13 Å². The Labute approximate surface area is 159 Å². The van der Waals surface area contributed by atoms with Crippen LogP contribution in [0.4, 0.5) is 0 Å². The van der Waals surface area contributed by atoms with Crippen LogP contribution in [-0.2, 0) is 6.54 Å². The number of hydrogen-bond donors (Lipinski definition) is 0. The number of aromatic nitrogens is 1. The molecule has 0 fully saturated rings. The van der Waals surface area contributed by atoms with Crippen molar-refractivity contribution in [3.8, 4) is 11.1 Å². The molecule has 1 aliphatic carbocycles. The van der Waals surface area contributed by atoms with Gasteiger partial charge in [-0.05, 0) is 44.9 Å². The van der Waals surface area contributed by atoms with Gasteiger partial charge in [-0.3, -0.25) is 0 Å². The second-order valence-corrected chi connectivity index (χ2v) is 10.9. The molecule has 1 aliphatic rings. The largest absolute Gasteiger partial charge is 0.343 e. The summed E-state index contributed by atoms with van der Waals surface area (Å²) in [6.45, 7) is 15.2. The maximum Gasteiger partial charge on any atom is 0.131 e. The van der Waals surface area contributed by atoms with Gasteiger partial charge in [0.05, 0.1) is 6.04 Å². The maximum atomic E-state index is 2.79. The van der Waals surface area contributed by atoms with Crippen molar-refractivity contribution in [2.24, 2.45) is 0 Å². The summed E-state index contributed by atoms with van der Waals surface area (Å²) in [4.78, 5) is 0. The van der Waals surface area contributed by atoms with Crippen molar-refractivity contribution in [1.29, 1.82) is 0 Å².